The van der Waals surface area contributed by atoms with Gasteiger partial charge >= 0.3 is 0 Å². The van der Waals surface area contributed by atoms with Crippen LogP contribution in [0.25, 0.3) is 11.3 Å². The summed E-state index contributed by atoms with van der Waals surface area (Å²) in [5, 5.41) is 9.68. The maximum Gasteiger partial charge on any atom is 0.255 e. The summed E-state index contributed by atoms with van der Waals surface area (Å²) in [6, 6.07) is 12.8. The van der Waals surface area contributed by atoms with Crippen LogP contribution in [0, 0.1) is 0 Å². The molecular formula is C15H11BrN4O. The minimum absolute atomic E-state index is 0.181. The molecule has 1 amide bonds. The molecule has 21 heavy (non-hydrogen) atoms. The molecule has 0 radical (unpaired) electrons. The lowest BCUT2D eigenvalue weighted by molar-refractivity contribution is 0.102. The average Bonchev–Trinajstić information content (AvgIpc) is 3.02. The topological polar surface area (TPSA) is 70.7 Å². The van der Waals surface area contributed by atoms with Crippen LogP contribution in [0.1, 0.15) is 10.4 Å². The van der Waals surface area contributed by atoms with Gasteiger partial charge in [0.15, 0.2) is 0 Å². The predicted octanol–water partition coefficient (Wildman–Crippen LogP) is 3.49. The maximum absolute atomic E-state index is 12.2. The van der Waals surface area contributed by atoms with E-state index in [0.29, 0.717) is 10.2 Å². The highest BCUT2D eigenvalue weighted by molar-refractivity contribution is 9.10. The van der Waals surface area contributed by atoms with Gasteiger partial charge in [-0.1, -0.05) is 12.1 Å². The number of aromatic nitrogens is 3. The molecule has 5 nitrogen and oxygen atoms in total. The van der Waals surface area contributed by atoms with Gasteiger partial charge in [-0.15, -0.1) is 0 Å². The Morgan fingerprint density at radius 3 is 2.81 bits per heavy atom. The summed E-state index contributed by atoms with van der Waals surface area (Å²) in [5.74, 6) is -0.181. The molecule has 0 fully saturated rings. The number of hydrogen-bond donors (Lipinski definition) is 2. The number of hydrogen-bond acceptors (Lipinski definition) is 3. The Hall–Kier alpha value is -2.47. The van der Waals surface area contributed by atoms with E-state index < -0.39 is 0 Å². The summed E-state index contributed by atoms with van der Waals surface area (Å²) in [4.78, 5) is 16.2. The number of pyridine rings is 1. The Labute approximate surface area is 129 Å². The van der Waals surface area contributed by atoms with Crippen molar-refractivity contribution in [2.24, 2.45) is 0 Å². The van der Waals surface area contributed by atoms with Gasteiger partial charge in [-0.05, 0) is 46.3 Å². The van der Waals surface area contributed by atoms with Gasteiger partial charge in [0.1, 0.15) is 4.60 Å². The Bertz CT molecular complexity index is 771. The molecule has 3 aromatic rings. The first-order valence-corrected chi connectivity index (χ1v) is 7.04. The molecule has 2 aromatic heterocycles. The van der Waals surface area contributed by atoms with Crippen LogP contribution >= 0.6 is 15.9 Å². The van der Waals surface area contributed by atoms with E-state index in [9.17, 15) is 4.79 Å². The molecule has 3 rings (SSSR count). The fourth-order valence-electron chi connectivity index (χ4n) is 1.93. The van der Waals surface area contributed by atoms with E-state index >= 15 is 0 Å². The number of nitrogens with one attached hydrogen (secondary N) is 2. The van der Waals surface area contributed by atoms with Crippen LogP contribution in [-0.4, -0.2) is 21.1 Å². The summed E-state index contributed by atoms with van der Waals surface area (Å²) in [5.41, 5.74) is 3.13. The van der Waals surface area contributed by atoms with Crippen LogP contribution in [-0.2, 0) is 0 Å². The zero-order valence-electron chi connectivity index (χ0n) is 10.9. The van der Waals surface area contributed by atoms with E-state index in [1.165, 1.54) is 0 Å². The Morgan fingerprint density at radius 2 is 2.05 bits per heavy atom. The second-order valence-corrected chi connectivity index (χ2v) is 5.18. The highest BCUT2D eigenvalue weighted by Crippen LogP contribution is 2.21. The quantitative estimate of drug-likeness (QED) is 0.715. The zero-order valence-corrected chi connectivity index (χ0v) is 12.5. The van der Waals surface area contributed by atoms with Crippen LogP contribution in [0.3, 0.4) is 0 Å². The summed E-state index contributed by atoms with van der Waals surface area (Å²) in [6.45, 7) is 0. The lowest BCUT2D eigenvalue weighted by atomic mass is 10.1. The Morgan fingerprint density at radius 1 is 1.14 bits per heavy atom. The number of rotatable bonds is 3. The SMILES string of the molecule is O=C(Nc1cccc(-c2ccn[nH]2)c1)c1ccnc(Br)c1. The van der Waals surface area contributed by atoms with Crippen LogP contribution in [0.15, 0.2) is 59.5 Å². The standard InChI is InChI=1S/C15H11BrN4O/c16-14-9-11(4-6-17-14)15(21)19-12-3-1-2-10(8-12)13-5-7-18-20-13/h1-9H,(H,18,20)(H,19,21). The minimum atomic E-state index is -0.181. The molecule has 0 saturated heterocycles. The first kappa shape index (κ1) is 13.5. The molecule has 1 aromatic carbocycles. The lowest BCUT2D eigenvalue weighted by Crippen LogP contribution is -2.12. The minimum Gasteiger partial charge on any atom is -0.322 e. The van der Waals surface area contributed by atoms with Crippen molar-refractivity contribution in [2.45, 2.75) is 0 Å². The molecule has 0 bridgehead atoms. The smallest absolute Gasteiger partial charge is 0.255 e. The molecule has 0 atom stereocenters. The molecule has 0 unspecified atom stereocenters. The molecule has 6 heteroatoms. The second kappa shape index (κ2) is 5.88. The number of carbonyl (C=O) groups is 1. The monoisotopic (exact) mass is 342 g/mol. The van der Waals surface area contributed by atoms with Gasteiger partial charge in [0.2, 0.25) is 0 Å². The molecule has 0 spiro atoms. The average molecular weight is 343 g/mol. The van der Waals surface area contributed by atoms with Crippen LogP contribution in [0.4, 0.5) is 5.69 Å². The van der Waals surface area contributed by atoms with Crippen molar-refractivity contribution < 1.29 is 4.79 Å². The molecule has 0 aliphatic rings. The van der Waals surface area contributed by atoms with E-state index in [2.05, 4.69) is 36.4 Å². The molecule has 2 heterocycles. The van der Waals surface area contributed by atoms with Gasteiger partial charge < -0.3 is 5.32 Å². The number of H-pyrrole nitrogens is 1. The van der Waals surface area contributed by atoms with Crippen molar-refractivity contribution in [3.8, 4) is 11.3 Å². The van der Waals surface area contributed by atoms with E-state index in [0.717, 1.165) is 16.9 Å². The maximum atomic E-state index is 12.2. The summed E-state index contributed by atoms with van der Waals surface area (Å²) >= 11 is 3.25. The van der Waals surface area contributed by atoms with E-state index in [-0.39, 0.29) is 5.91 Å². The number of carbonyl (C=O) groups excluding carboxylic acids is 1. The highest BCUT2D eigenvalue weighted by Gasteiger charge is 2.08. The molecular weight excluding hydrogens is 332 g/mol. The third-order valence-corrected chi connectivity index (χ3v) is 3.35. The highest BCUT2D eigenvalue weighted by atomic mass is 79.9. The van der Waals surface area contributed by atoms with Crippen LogP contribution < -0.4 is 5.32 Å². The van der Waals surface area contributed by atoms with Gasteiger partial charge in [0, 0.05) is 29.2 Å². The largest absolute Gasteiger partial charge is 0.322 e. The van der Waals surface area contributed by atoms with E-state index in [1.54, 1.807) is 24.5 Å². The fourth-order valence-corrected chi connectivity index (χ4v) is 2.29. The zero-order chi connectivity index (χ0) is 14.7. The molecule has 0 saturated carbocycles. The van der Waals surface area contributed by atoms with Gasteiger partial charge in [0.05, 0.1) is 5.69 Å². The number of amides is 1. The molecule has 104 valence electrons. The Kier molecular flexibility index (Phi) is 3.79. The van der Waals surface area contributed by atoms with E-state index in [4.69, 9.17) is 0 Å². The number of anilines is 1. The van der Waals surface area contributed by atoms with Crippen LogP contribution in [0.5, 0.6) is 0 Å². The van der Waals surface area contributed by atoms with Crippen molar-refractivity contribution in [1.29, 1.82) is 0 Å². The van der Waals surface area contributed by atoms with Crippen molar-refractivity contribution in [3.63, 3.8) is 0 Å². The molecule has 0 aliphatic carbocycles. The molecule has 0 aliphatic heterocycles. The van der Waals surface area contributed by atoms with Crippen molar-refractivity contribution in [1.82, 2.24) is 15.2 Å². The number of benzene rings is 1. The second-order valence-electron chi connectivity index (χ2n) is 4.37. The summed E-state index contributed by atoms with van der Waals surface area (Å²) in [7, 11) is 0. The third-order valence-electron chi connectivity index (χ3n) is 2.92. The lowest BCUT2D eigenvalue weighted by Gasteiger charge is -2.07. The van der Waals surface area contributed by atoms with Gasteiger partial charge in [-0.2, -0.15) is 5.10 Å². The molecule has 2 N–H and O–H groups in total. The Balaban J connectivity index is 1.82. The third kappa shape index (κ3) is 3.17. The predicted molar refractivity (Wildman–Crippen MR) is 83.9 cm³/mol. The van der Waals surface area contributed by atoms with Crippen molar-refractivity contribution >= 4 is 27.5 Å². The van der Waals surface area contributed by atoms with Crippen LogP contribution in [0.2, 0.25) is 0 Å². The van der Waals surface area contributed by atoms with Crippen molar-refractivity contribution in [3.05, 3.63) is 65.0 Å². The van der Waals surface area contributed by atoms with Gasteiger partial charge in [-0.25, -0.2) is 4.98 Å². The normalized spacial score (nSPS) is 10.3. The number of aromatic amines is 1. The summed E-state index contributed by atoms with van der Waals surface area (Å²) in [6.07, 6.45) is 3.27. The van der Waals surface area contributed by atoms with E-state index in [1.807, 2.05) is 30.3 Å². The first-order valence-electron chi connectivity index (χ1n) is 6.25. The van der Waals surface area contributed by atoms with Gasteiger partial charge in [-0.3, -0.25) is 9.89 Å². The fraction of sp³-hybridized carbons (Fsp3) is 0. The number of halogens is 1. The first-order chi connectivity index (χ1) is 10.2. The van der Waals surface area contributed by atoms with Crippen molar-refractivity contribution in [2.75, 3.05) is 5.32 Å². The van der Waals surface area contributed by atoms with Gasteiger partial charge in [0.25, 0.3) is 5.91 Å². The number of nitrogens with zero attached hydrogens (tertiary/aromatic N) is 2. The summed E-state index contributed by atoms with van der Waals surface area (Å²) < 4.78 is 0.626.